The van der Waals surface area contributed by atoms with Gasteiger partial charge in [-0.05, 0) is 53.3 Å². The summed E-state index contributed by atoms with van der Waals surface area (Å²) in [5.41, 5.74) is 2.74. The van der Waals surface area contributed by atoms with E-state index in [1.165, 1.54) is 24.6 Å². The second kappa shape index (κ2) is 13.8. The lowest BCUT2D eigenvalue weighted by Gasteiger charge is -2.29. The van der Waals surface area contributed by atoms with Crippen LogP contribution >= 0.6 is 0 Å². The van der Waals surface area contributed by atoms with Crippen molar-refractivity contribution in [3.05, 3.63) is 77.6 Å². The summed E-state index contributed by atoms with van der Waals surface area (Å²) in [6.45, 7) is 5.44. The van der Waals surface area contributed by atoms with Crippen molar-refractivity contribution in [2.45, 2.75) is 71.0 Å². The molecule has 6 heteroatoms. The maximum Gasteiger partial charge on any atom is 0.201 e. The number of halogens is 3. The van der Waals surface area contributed by atoms with Gasteiger partial charge in [0.25, 0.3) is 0 Å². The normalized spacial score (nSPS) is 17.5. The highest BCUT2D eigenvalue weighted by atomic mass is 19.2. The summed E-state index contributed by atoms with van der Waals surface area (Å²) in [4.78, 5) is 0. The minimum atomic E-state index is -0.977. The Morgan fingerprint density at radius 2 is 1.42 bits per heavy atom. The van der Waals surface area contributed by atoms with Crippen molar-refractivity contribution in [2.24, 2.45) is 0 Å². The highest BCUT2D eigenvalue weighted by Gasteiger charge is 2.25. The third kappa shape index (κ3) is 6.97. The maximum atomic E-state index is 15.0. The Kier molecular flexibility index (Phi) is 10.2. The first-order chi connectivity index (χ1) is 18.5. The molecule has 1 aliphatic heterocycles. The summed E-state index contributed by atoms with van der Waals surface area (Å²) in [7, 11) is 0. The molecular weight excluding hydrogens is 489 g/mol. The van der Waals surface area contributed by atoms with Crippen LogP contribution in [0, 0.1) is 17.5 Å². The fourth-order valence-electron chi connectivity index (χ4n) is 4.76. The van der Waals surface area contributed by atoms with Gasteiger partial charge in [0.05, 0.1) is 19.8 Å². The fourth-order valence-corrected chi connectivity index (χ4v) is 4.76. The molecule has 0 aliphatic carbocycles. The van der Waals surface area contributed by atoms with Gasteiger partial charge in [0.2, 0.25) is 5.82 Å². The van der Waals surface area contributed by atoms with Crippen LogP contribution in [0.5, 0.6) is 5.75 Å². The maximum absolute atomic E-state index is 15.0. The molecule has 0 bridgehead atoms. The smallest absolute Gasteiger partial charge is 0.201 e. The first kappa shape index (κ1) is 28.2. The highest BCUT2D eigenvalue weighted by molar-refractivity contribution is 5.71. The van der Waals surface area contributed by atoms with Gasteiger partial charge in [-0.2, -0.15) is 4.39 Å². The van der Waals surface area contributed by atoms with Crippen molar-refractivity contribution in [1.82, 2.24) is 0 Å². The molecule has 0 N–H and O–H groups in total. The van der Waals surface area contributed by atoms with Crippen molar-refractivity contribution in [3.63, 3.8) is 0 Å². The number of unbranched alkanes of at least 4 members (excludes halogenated alkanes) is 4. The largest absolute Gasteiger partial charge is 0.490 e. The van der Waals surface area contributed by atoms with E-state index >= 15 is 0 Å². The molecule has 3 nitrogen and oxygen atoms in total. The molecule has 3 aromatic carbocycles. The van der Waals surface area contributed by atoms with E-state index in [-0.39, 0.29) is 29.3 Å². The van der Waals surface area contributed by atoms with E-state index in [4.69, 9.17) is 14.2 Å². The quantitative estimate of drug-likeness (QED) is 0.220. The summed E-state index contributed by atoms with van der Waals surface area (Å²) in [6.07, 6.45) is 6.85. The van der Waals surface area contributed by atoms with E-state index in [2.05, 4.69) is 13.8 Å². The second-order valence-corrected chi connectivity index (χ2v) is 9.90. The average Bonchev–Trinajstić information content (AvgIpc) is 2.94. The molecule has 1 heterocycles. The first-order valence-corrected chi connectivity index (χ1v) is 13.8. The molecule has 0 amide bonds. The molecule has 0 aromatic heterocycles. The standard InChI is InChI=1S/C32H37F3O3/c1-3-5-6-7-8-18-36-29-17-16-27(31(34)32(29)35)23-12-10-22(11-13-23)24-14-15-26(28(33)19-24)25-20-37-30(9-4-2)38-21-25/h10-17,19,25,30H,3-9,18,20-21H2,1-2H3. The van der Waals surface area contributed by atoms with Crippen LogP contribution in [0.15, 0.2) is 54.6 Å². The summed E-state index contributed by atoms with van der Waals surface area (Å²) in [6, 6.07) is 15.1. The number of benzene rings is 3. The lowest BCUT2D eigenvalue weighted by atomic mass is 9.95. The lowest BCUT2D eigenvalue weighted by molar-refractivity contribution is -0.190. The van der Waals surface area contributed by atoms with Crippen LogP contribution in [-0.4, -0.2) is 26.1 Å². The Balaban J connectivity index is 1.40. The highest BCUT2D eigenvalue weighted by Crippen LogP contribution is 2.33. The molecule has 0 spiro atoms. The van der Waals surface area contributed by atoms with E-state index in [0.29, 0.717) is 36.5 Å². The first-order valence-electron chi connectivity index (χ1n) is 13.8. The van der Waals surface area contributed by atoms with Crippen LogP contribution in [0.25, 0.3) is 22.3 Å². The van der Waals surface area contributed by atoms with Crippen LogP contribution in [0.2, 0.25) is 0 Å². The molecule has 0 radical (unpaired) electrons. The monoisotopic (exact) mass is 526 g/mol. The van der Waals surface area contributed by atoms with Gasteiger partial charge in [0.1, 0.15) is 5.82 Å². The third-order valence-electron chi connectivity index (χ3n) is 7.01. The topological polar surface area (TPSA) is 27.7 Å². The molecule has 1 saturated heterocycles. The number of hydrogen-bond acceptors (Lipinski definition) is 3. The SMILES string of the molecule is CCCCCCCOc1ccc(-c2ccc(-c3ccc(C4COC(CCC)OC4)c(F)c3)cc2)c(F)c1F. The minimum absolute atomic E-state index is 0.0661. The number of rotatable bonds is 12. The number of ether oxygens (including phenoxy) is 3. The lowest BCUT2D eigenvalue weighted by Crippen LogP contribution is -2.31. The zero-order chi connectivity index (χ0) is 26.9. The van der Waals surface area contributed by atoms with Gasteiger partial charge in [0.15, 0.2) is 17.9 Å². The van der Waals surface area contributed by atoms with Gasteiger partial charge < -0.3 is 14.2 Å². The van der Waals surface area contributed by atoms with Crippen LogP contribution in [0.3, 0.4) is 0 Å². The van der Waals surface area contributed by atoms with Gasteiger partial charge in [-0.15, -0.1) is 0 Å². The molecule has 1 aliphatic rings. The summed E-state index contributed by atoms with van der Waals surface area (Å²) >= 11 is 0. The Morgan fingerprint density at radius 3 is 2.11 bits per heavy atom. The van der Waals surface area contributed by atoms with E-state index in [0.717, 1.165) is 44.1 Å². The fraction of sp³-hybridized carbons (Fsp3) is 0.438. The van der Waals surface area contributed by atoms with Crippen molar-refractivity contribution < 1.29 is 27.4 Å². The van der Waals surface area contributed by atoms with Crippen LogP contribution in [-0.2, 0) is 9.47 Å². The van der Waals surface area contributed by atoms with Gasteiger partial charge in [-0.25, -0.2) is 8.78 Å². The summed E-state index contributed by atoms with van der Waals surface area (Å²) < 4.78 is 61.4. The predicted octanol–water partition coefficient (Wildman–Crippen LogP) is 9.04. The Labute approximate surface area is 223 Å². The predicted molar refractivity (Wildman–Crippen MR) is 145 cm³/mol. The molecule has 1 fully saturated rings. The van der Waals surface area contributed by atoms with Gasteiger partial charge >= 0.3 is 0 Å². The number of hydrogen-bond donors (Lipinski definition) is 0. The Bertz CT molecular complexity index is 1170. The minimum Gasteiger partial charge on any atom is -0.490 e. The third-order valence-corrected chi connectivity index (χ3v) is 7.01. The van der Waals surface area contributed by atoms with E-state index < -0.39 is 11.6 Å². The zero-order valence-corrected chi connectivity index (χ0v) is 22.3. The second-order valence-electron chi connectivity index (χ2n) is 9.90. The molecule has 0 unspecified atom stereocenters. The molecule has 0 atom stereocenters. The van der Waals surface area contributed by atoms with E-state index in [1.807, 2.05) is 6.07 Å². The Hall–Kier alpha value is -2.83. The van der Waals surface area contributed by atoms with Crippen molar-refractivity contribution >= 4 is 0 Å². The molecular formula is C32H37F3O3. The molecule has 204 valence electrons. The van der Waals surface area contributed by atoms with E-state index in [1.54, 1.807) is 30.3 Å². The van der Waals surface area contributed by atoms with Crippen molar-refractivity contribution in [3.8, 4) is 28.0 Å². The summed E-state index contributed by atoms with van der Waals surface area (Å²) in [5, 5.41) is 0. The van der Waals surface area contributed by atoms with Gasteiger partial charge in [0, 0.05) is 11.5 Å². The Morgan fingerprint density at radius 1 is 0.737 bits per heavy atom. The van der Waals surface area contributed by atoms with Crippen LogP contribution in [0.4, 0.5) is 13.2 Å². The average molecular weight is 527 g/mol. The zero-order valence-electron chi connectivity index (χ0n) is 22.3. The molecule has 38 heavy (non-hydrogen) atoms. The van der Waals surface area contributed by atoms with Crippen LogP contribution in [0.1, 0.15) is 70.3 Å². The molecule has 0 saturated carbocycles. The molecule has 4 rings (SSSR count). The van der Waals surface area contributed by atoms with Crippen molar-refractivity contribution in [1.29, 1.82) is 0 Å². The van der Waals surface area contributed by atoms with Gasteiger partial charge in [-0.1, -0.05) is 82.3 Å². The van der Waals surface area contributed by atoms with E-state index in [9.17, 15) is 13.2 Å². The summed E-state index contributed by atoms with van der Waals surface area (Å²) in [5.74, 6) is -2.44. The van der Waals surface area contributed by atoms with Gasteiger partial charge in [-0.3, -0.25) is 0 Å². The van der Waals surface area contributed by atoms with Crippen molar-refractivity contribution in [2.75, 3.05) is 19.8 Å². The molecule has 3 aromatic rings. The van der Waals surface area contributed by atoms with Crippen LogP contribution < -0.4 is 4.74 Å².